The Kier molecular flexibility index (Phi) is 4.09. The quantitative estimate of drug-likeness (QED) is 0.885. The summed E-state index contributed by atoms with van der Waals surface area (Å²) in [5.41, 5.74) is 7.32. The first-order valence-electron chi connectivity index (χ1n) is 6.43. The van der Waals surface area contributed by atoms with Gasteiger partial charge in [-0.15, -0.1) is 0 Å². The third-order valence-corrected chi connectivity index (χ3v) is 3.36. The second kappa shape index (κ2) is 5.59. The molecule has 0 amide bonds. The van der Waals surface area contributed by atoms with Gasteiger partial charge < -0.3 is 20.1 Å². The zero-order valence-corrected chi connectivity index (χ0v) is 11.3. The van der Waals surface area contributed by atoms with Crippen molar-refractivity contribution < 1.29 is 9.47 Å². The first-order valence-corrected chi connectivity index (χ1v) is 6.43. The molecule has 18 heavy (non-hydrogen) atoms. The van der Waals surface area contributed by atoms with Gasteiger partial charge in [0, 0.05) is 18.6 Å². The Morgan fingerprint density at radius 2 is 1.89 bits per heavy atom. The molecule has 1 aliphatic rings. The molecule has 0 saturated heterocycles. The van der Waals surface area contributed by atoms with Crippen molar-refractivity contribution in [3.05, 3.63) is 23.8 Å². The van der Waals surface area contributed by atoms with Crippen LogP contribution >= 0.6 is 0 Å². The van der Waals surface area contributed by atoms with E-state index in [2.05, 4.69) is 25.8 Å². The van der Waals surface area contributed by atoms with Crippen LogP contribution < -0.4 is 15.2 Å². The minimum Gasteiger partial charge on any atom is -0.486 e. The lowest BCUT2D eigenvalue weighted by Gasteiger charge is -2.26. The van der Waals surface area contributed by atoms with E-state index in [1.54, 1.807) is 0 Å². The molecule has 1 aromatic rings. The number of hydrogen-bond acceptors (Lipinski definition) is 4. The summed E-state index contributed by atoms with van der Waals surface area (Å²) in [5, 5.41) is 0. The van der Waals surface area contributed by atoms with E-state index in [0.717, 1.165) is 23.6 Å². The highest BCUT2D eigenvalue weighted by atomic mass is 16.6. The van der Waals surface area contributed by atoms with E-state index in [1.165, 1.54) is 0 Å². The zero-order valence-electron chi connectivity index (χ0n) is 11.3. The lowest BCUT2D eigenvalue weighted by molar-refractivity contribution is 0.171. The average molecular weight is 250 g/mol. The summed E-state index contributed by atoms with van der Waals surface area (Å²) in [7, 11) is 2.09. The minimum atomic E-state index is -0.00627. The fraction of sp³-hybridized carbons (Fsp3) is 0.571. The fourth-order valence-electron chi connectivity index (χ4n) is 1.92. The third-order valence-electron chi connectivity index (χ3n) is 3.36. The molecule has 0 aromatic heterocycles. The van der Waals surface area contributed by atoms with E-state index < -0.39 is 0 Å². The Morgan fingerprint density at radius 3 is 2.56 bits per heavy atom. The smallest absolute Gasteiger partial charge is 0.161 e. The molecule has 4 heteroatoms. The molecule has 2 N–H and O–H groups in total. The predicted molar refractivity (Wildman–Crippen MR) is 72.1 cm³/mol. The molecule has 1 unspecified atom stereocenters. The molecular formula is C14H22N2O2. The van der Waals surface area contributed by atoms with Gasteiger partial charge in [-0.25, -0.2) is 0 Å². The summed E-state index contributed by atoms with van der Waals surface area (Å²) in [6.45, 7) is 6.39. The largest absolute Gasteiger partial charge is 0.486 e. The Hall–Kier alpha value is -1.26. The Labute approximate surface area is 109 Å². The number of fused-ring (bicyclic) bond motifs is 1. The maximum absolute atomic E-state index is 6.23. The van der Waals surface area contributed by atoms with Gasteiger partial charge >= 0.3 is 0 Å². The molecule has 0 bridgehead atoms. The third kappa shape index (κ3) is 2.94. The molecule has 100 valence electrons. The van der Waals surface area contributed by atoms with Crippen LogP contribution in [0.1, 0.15) is 25.5 Å². The van der Waals surface area contributed by atoms with Crippen molar-refractivity contribution >= 4 is 0 Å². The summed E-state index contributed by atoms with van der Waals surface area (Å²) in [6.07, 6.45) is 0. The van der Waals surface area contributed by atoms with Gasteiger partial charge in [-0.05, 0) is 38.6 Å². The van der Waals surface area contributed by atoms with Crippen LogP contribution in [0.4, 0.5) is 0 Å². The highest BCUT2D eigenvalue weighted by molar-refractivity contribution is 5.44. The van der Waals surface area contributed by atoms with Gasteiger partial charge in [-0.2, -0.15) is 0 Å². The molecular weight excluding hydrogens is 228 g/mol. The molecule has 1 heterocycles. The predicted octanol–water partition coefficient (Wildman–Crippen LogP) is 1.80. The maximum Gasteiger partial charge on any atom is 0.161 e. The van der Waals surface area contributed by atoms with Crippen LogP contribution in [0.2, 0.25) is 0 Å². The van der Waals surface area contributed by atoms with Crippen molar-refractivity contribution in [2.24, 2.45) is 5.73 Å². The van der Waals surface area contributed by atoms with Crippen LogP contribution in [0.3, 0.4) is 0 Å². The summed E-state index contributed by atoms with van der Waals surface area (Å²) in [5.74, 6) is 1.62. The molecule has 0 aliphatic carbocycles. The maximum atomic E-state index is 6.23. The number of ether oxygens (including phenoxy) is 2. The number of nitrogens with two attached hydrogens (primary N) is 1. The molecule has 0 saturated carbocycles. The van der Waals surface area contributed by atoms with Gasteiger partial charge in [-0.1, -0.05) is 6.07 Å². The second-order valence-electron chi connectivity index (χ2n) is 5.04. The summed E-state index contributed by atoms with van der Waals surface area (Å²) in [4.78, 5) is 2.24. The van der Waals surface area contributed by atoms with Crippen molar-refractivity contribution in [3.63, 3.8) is 0 Å². The molecule has 2 rings (SSSR count). The molecule has 1 aliphatic heterocycles. The van der Waals surface area contributed by atoms with Crippen molar-refractivity contribution in [3.8, 4) is 11.5 Å². The lowest BCUT2D eigenvalue weighted by Crippen LogP contribution is -2.33. The first-order chi connectivity index (χ1) is 8.58. The van der Waals surface area contributed by atoms with Crippen molar-refractivity contribution in [2.45, 2.75) is 25.9 Å². The van der Waals surface area contributed by atoms with E-state index in [4.69, 9.17) is 15.2 Å². The summed E-state index contributed by atoms with van der Waals surface area (Å²) >= 11 is 0. The molecule has 4 nitrogen and oxygen atoms in total. The van der Waals surface area contributed by atoms with E-state index >= 15 is 0 Å². The Morgan fingerprint density at radius 1 is 1.22 bits per heavy atom. The van der Waals surface area contributed by atoms with E-state index in [1.807, 2.05) is 18.2 Å². The number of rotatable bonds is 4. The van der Waals surface area contributed by atoms with Gasteiger partial charge in [-0.3, -0.25) is 0 Å². The Balaban J connectivity index is 2.08. The molecule has 0 radical (unpaired) electrons. The van der Waals surface area contributed by atoms with E-state index in [9.17, 15) is 0 Å². The Bertz CT molecular complexity index is 407. The van der Waals surface area contributed by atoms with Crippen LogP contribution in [-0.4, -0.2) is 37.7 Å². The monoisotopic (exact) mass is 250 g/mol. The second-order valence-corrected chi connectivity index (χ2v) is 5.04. The van der Waals surface area contributed by atoms with Crippen LogP contribution in [-0.2, 0) is 0 Å². The molecule has 1 atom stereocenters. The number of benzene rings is 1. The lowest BCUT2D eigenvalue weighted by atomic mass is 10.1. The van der Waals surface area contributed by atoms with E-state index in [0.29, 0.717) is 19.3 Å². The van der Waals surface area contributed by atoms with Crippen LogP contribution in [0.15, 0.2) is 18.2 Å². The van der Waals surface area contributed by atoms with Crippen LogP contribution in [0, 0.1) is 0 Å². The van der Waals surface area contributed by atoms with Crippen LogP contribution in [0.25, 0.3) is 0 Å². The standard InChI is InChI=1S/C14H22N2O2/c1-10(2)16(3)9-12(15)11-4-5-13-14(8-11)18-7-6-17-13/h4-5,8,10,12H,6-7,9,15H2,1-3H3. The van der Waals surface area contributed by atoms with E-state index in [-0.39, 0.29) is 6.04 Å². The molecule has 1 aromatic carbocycles. The van der Waals surface area contributed by atoms with Gasteiger partial charge in [0.15, 0.2) is 11.5 Å². The fourth-order valence-corrected chi connectivity index (χ4v) is 1.92. The van der Waals surface area contributed by atoms with Gasteiger partial charge in [0.25, 0.3) is 0 Å². The SMILES string of the molecule is CC(C)N(C)CC(N)c1ccc2c(c1)OCCO2. The average Bonchev–Trinajstić information content (AvgIpc) is 2.37. The zero-order chi connectivity index (χ0) is 13.1. The number of hydrogen-bond donors (Lipinski definition) is 1. The van der Waals surface area contributed by atoms with Gasteiger partial charge in [0.05, 0.1) is 0 Å². The van der Waals surface area contributed by atoms with Crippen molar-refractivity contribution in [2.75, 3.05) is 26.8 Å². The van der Waals surface area contributed by atoms with Crippen LogP contribution in [0.5, 0.6) is 11.5 Å². The van der Waals surface area contributed by atoms with Gasteiger partial charge in [0.2, 0.25) is 0 Å². The summed E-state index contributed by atoms with van der Waals surface area (Å²) < 4.78 is 11.1. The highest BCUT2D eigenvalue weighted by Gasteiger charge is 2.16. The highest BCUT2D eigenvalue weighted by Crippen LogP contribution is 2.32. The number of nitrogens with zero attached hydrogens (tertiary/aromatic N) is 1. The minimum absolute atomic E-state index is 0.00627. The molecule has 0 fully saturated rings. The normalized spacial score (nSPS) is 16.1. The first kappa shape index (κ1) is 13.2. The number of likely N-dealkylation sites (N-methyl/N-ethyl adjacent to an activating group) is 1. The molecule has 0 spiro atoms. The van der Waals surface area contributed by atoms with Crippen molar-refractivity contribution in [1.29, 1.82) is 0 Å². The topological polar surface area (TPSA) is 47.7 Å². The summed E-state index contributed by atoms with van der Waals surface area (Å²) in [6, 6.07) is 6.44. The van der Waals surface area contributed by atoms with Crippen molar-refractivity contribution in [1.82, 2.24) is 4.90 Å². The van der Waals surface area contributed by atoms with Gasteiger partial charge in [0.1, 0.15) is 13.2 Å².